The highest BCUT2D eigenvalue weighted by Crippen LogP contribution is 2.32. The number of carbonyl (C=O) groups is 1. The van der Waals surface area contributed by atoms with Crippen molar-refractivity contribution < 1.29 is 22.4 Å². The van der Waals surface area contributed by atoms with Crippen molar-refractivity contribution in [3.8, 4) is 0 Å². The Hall–Kier alpha value is -2.83. The molecule has 2 aromatic carbocycles. The highest BCUT2D eigenvalue weighted by molar-refractivity contribution is 5.94. The number of likely N-dealkylation sites (tertiary alicyclic amines) is 1. The zero-order chi connectivity index (χ0) is 19.9. The largest absolute Gasteiger partial charge is 0.416 e. The van der Waals surface area contributed by atoms with Crippen LogP contribution in [0.1, 0.15) is 40.4 Å². The molecule has 3 aromatic rings. The molecule has 1 N–H and O–H groups in total. The number of hydrogen-bond donors (Lipinski definition) is 1. The third-order valence-corrected chi connectivity index (χ3v) is 5.28. The lowest BCUT2D eigenvalue weighted by Crippen LogP contribution is -2.38. The first-order valence-electron chi connectivity index (χ1n) is 9.06. The van der Waals surface area contributed by atoms with E-state index in [2.05, 4.69) is 4.98 Å². The minimum atomic E-state index is -4.41. The Bertz CT molecular complexity index is 999. The van der Waals surface area contributed by atoms with Crippen LogP contribution in [0.2, 0.25) is 0 Å². The number of fused-ring (bicyclic) bond motifs is 1. The van der Waals surface area contributed by atoms with Gasteiger partial charge in [-0.2, -0.15) is 13.2 Å². The number of benzene rings is 2. The molecule has 1 fully saturated rings. The first-order chi connectivity index (χ1) is 13.3. The molecule has 1 aliphatic rings. The molecule has 0 radical (unpaired) electrons. The van der Waals surface area contributed by atoms with Crippen LogP contribution < -0.4 is 0 Å². The molecule has 0 aliphatic carbocycles. The van der Waals surface area contributed by atoms with Crippen LogP contribution in [0.25, 0.3) is 10.9 Å². The van der Waals surface area contributed by atoms with Crippen molar-refractivity contribution in [3.63, 3.8) is 0 Å². The normalized spacial score (nSPS) is 15.9. The Labute approximate surface area is 159 Å². The highest BCUT2D eigenvalue weighted by Gasteiger charge is 2.31. The van der Waals surface area contributed by atoms with Gasteiger partial charge in [-0.3, -0.25) is 4.79 Å². The van der Waals surface area contributed by atoms with Crippen molar-refractivity contribution in [1.82, 2.24) is 9.88 Å². The van der Waals surface area contributed by atoms with E-state index in [4.69, 9.17) is 0 Å². The standard InChI is InChI=1S/C21H18F4N2O/c22-17-5-6-18-15(11-17)12-19(26-18)13-7-9-27(10-8-13)20(28)14-1-3-16(4-2-14)21(23,24)25/h1-6,11-13,26H,7-10H2. The number of amides is 1. The Morgan fingerprint density at radius 2 is 1.68 bits per heavy atom. The molecule has 2 heterocycles. The summed E-state index contributed by atoms with van der Waals surface area (Å²) in [5.74, 6) is -0.312. The van der Waals surface area contributed by atoms with Gasteiger partial charge in [-0.05, 0) is 61.4 Å². The van der Waals surface area contributed by atoms with Crippen molar-refractivity contribution in [3.05, 3.63) is 71.2 Å². The Balaban J connectivity index is 1.42. The summed E-state index contributed by atoms with van der Waals surface area (Å²) in [4.78, 5) is 17.6. The number of alkyl halides is 3. The number of nitrogens with one attached hydrogen (secondary N) is 1. The molecule has 0 spiro atoms. The predicted molar refractivity (Wildman–Crippen MR) is 97.6 cm³/mol. The second kappa shape index (κ2) is 6.96. The van der Waals surface area contributed by atoms with E-state index in [9.17, 15) is 22.4 Å². The minimum absolute atomic E-state index is 0.229. The molecule has 1 aliphatic heterocycles. The lowest BCUT2D eigenvalue weighted by molar-refractivity contribution is -0.137. The number of piperidine rings is 1. The summed E-state index contributed by atoms with van der Waals surface area (Å²) in [6, 6.07) is 10.9. The molecule has 4 rings (SSSR count). The predicted octanol–water partition coefficient (Wildman–Crippen LogP) is 5.35. The summed E-state index contributed by atoms with van der Waals surface area (Å²) < 4.78 is 51.3. The molecule has 0 atom stereocenters. The average Bonchev–Trinajstić information content (AvgIpc) is 3.10. The fraction of sp³-hybridized carbons (Fsp3) is 0.286. The second-order valence-electron chi connectivity index (χ2n) is 7.10. The van der Waals surface area contributed by atoms with Gasteiger partial charge in [0.2, 0.25) is 0 Å². The molecule has 146 valence electrons. The number of H-pyrrole nitrogens is 1. The number of rotatable bonds is 2. The van der Waals surface area contributed by atoms with E-state index in [1.807, 2.05) is 6.07 Å². The SMILES string of the molecule is O=C(c1ccc(C(F)(F)F)cc1)N1CCC(c2cc3cc(F)ccc3[nH]2)CC1. The topological polar surface area (TPSA) is 36.1 Å². The first kappa shape index (κ1) is 18.5. The van der Waals surface area contributed by atoms with Crippen LogP contribution in [-0.4, -0.2) is 28.9 Å². The molecule has 1 amide bonds. The van der Waals surface area contributed by atoms with Crippen LogP contribution in [0.5, 0.6) is 0 Å². The quantitative estimate of drug-likeness (QED) is 0.589. The van der Waals surface area contributed by atoms with Gasteiger partial charge in [-0.1, -0.05) is 0 Å². The molecule has 28 heavy (non-hydrogen) atoms. The van der Waals surface area contributed by atoms with Crippen LogP contribution in [0.4, 0.5) is 17.6 Å². The van der Waals surface area contributed by atoms with E-state index in [-0.39, 0.29) is 23.2 Å². The summed E-state index contributed by atoms with van der Waals surface area (Å²) in [5, 5.41) is 0.818. The van der Waals surface area contributed by atoms with Gasteiger partial charge in [-0.25, -0.2) is 4.39 Å². The summed E-state index contributed by atoms with van der Waals surface area (Å²) in [6.07, 6.45) is -2.94. The van der Waals surface area contributed by atoms with Gasteiger partial charge in [0, 0.05) is 41.2 Å². The van der Waals surface area contributed by atoms with E-state index in [0.29, 0.717) is 13.1 Å². The molecule has 0 bridgehead atoms. The summed E-state index contributed by atoms with van der Waals surface area (Å²) >= 11 is 0. The van der Waals surface area contributed by atoms with Crippen LogP contribution >= 0.6 is 0 Å². The van der Waals surface area contributed by atoms with E-state index >= 15 is 0 Å². The maximum Gasteiger partial charge on any atom is 0.416 e. The smallest absolute Gasteiger partial charge is 0.358 e. The van der Waals surface area contributed by atoms with Gasteiger partial charge in [0.05, 0.1) is 5.56 Å². The van der Waals surface area contributed by atoms with Crippen LogP contribution in [-0.2, 0) is 6.18 Å². The molecule has 1 aromatic heterocycles. The van der Waals surface area contributed by atoms with Crippen LogP contribution in [0.3, 0.4) is 0 Å². The average molecular weight is 390 g/mol. The molecule has 1 saturated heterocycles. The van der Waals surface area contributed by atoms with Crippen molar-refractivity contribution in [2.24, 2.45) is 0 Å². The summed E-state index contributed by atoms with van der Waals surface area (Å²) in [5.41, 5.74) is 1.38. The molecule has 0 saturated carbocycles. The zero-order valence-electron chi connectivity index (χ0n) is 14.9. The van der Waals surface area contributed by atoms with Crippen molar-refractivity contribution >= 4 is 16.8 Å². The van der Waals surface area contributed by atoms with E-state index in [0.717, 1.165) is 41.6 Å². The van der Waals surface area contributed by atoms with Gasteiger partial charge < -0.3 is 9.88 Å². The lowest BCUT2D eigenvalue weighted by atomic mass is 9.93. The van der Waals surface area contributed by atoms with Crippen molar-refractivity contribution in [2.75, 3.05) is 13.1 Å². The Morgan fingerprint density at radius 3 is 2.32 bits per heavy atom. The second-order valence-corrected chi connectivity index (χ2v) is 7.10. The number of aromatic amines is 1. The van der Waals surface area contributed by atoms with Crippen molar-refractivity contribution in [2.45, 2.75) is 24.9 Å². The molecule has 3 nitrogen and oxygen atoms in total. The minimum Gasteiger partial charge on any atom is -0.358 e. The van der Waals surface area contributed by atoms with E-state index in [1.165, 1.54) is 24.3 Å². The highest BCUT2D eigenvalue weighted by atomic mass is 19.4. The van der Waals surface area contributed by atoms with Gasteiger partial charge in [0.1, 0.15) is 5.82 Å². The van der Waals surface area contributed by atoms with Crippen LogP contribution in [0, 0.1) is 5.82 Å². The molecule has 0 unspecified atom stereocenters. The summed E-state index contributed by atoms with van der Waals surface area (Å²) in [7, 11) is 0. The number of hydrogen-bond acceptors (Lipinski definition) is 1. The monoisotopic (exact) mass is 390 g/mol. The van der Waals surface area contributed by atoms with Gasteiger partial charge in [-0.15, -0.1) is 0 Å². The third-order valence-electron chi connectivity index (χ3n) is 5.28. The van der Waals surface area contributed by atoms with Crippen LogP contribution in [0.15, 0.2) is 48.5 Å². The molecule has 7 heteroatoms. The van der Waals surface area contributed by atoms with E-state index in [1.54, 1.807) is 11.0 Å². The maximum atomic E-state index is 13.4. The number of aromatic nitrogens is 1. The number of halogens is 4. The molecular formula is C21H18F4N2O. The van der Waals surface area contributed by atoms with Gasteiger partial charge in [0.15, 0.2) is 0 Å². The van der Waals surface area contributed by atoms with Gasteiger partial charge >= 0.3 is 6.18 Å². The fourth-order valence-electron chi connectivity index (χ4n) is 3.72. The number of carbonyl (C=O) groups excluding carboxylic acids is 1. The first-order valence-corrected chi connectivity index (χ1v) is 9.06. The number of nitrogens with zero attached hydrogens (tertiary/aromatic N) is 1. The fourth-order valence-corrected chi connectivity index (χ4v) is 3.72. The van der Waals surface area contributed by atoms with E-state index < -0.39 is 11.7 Å². The Morgan fingerprint density at radius 1 is 1.00 bits per heavy atom. The lowest BCUT2D eigenvalue weighted by Gasteiger charge is -2.31. The third kappa shape index (κ3) is 3.61. The maximum absolute atomic E-state index is 13.4. The molecular weight excluding hydrogens is 372 g/mol. The Kier molecular flexibility index (Phi) is 4.61. The summed E-state index contributed by atoms with van der Waals surface area (Å²) in [6.45, 7) is 1.04. The van der Waals surface area contributed by atoms with Crippen molar-refractivity contribution in [1.29, 1.82) is 0 Å². The van der Waals surface area contributed by atoms with Gasteiger partial charge in [0.25, 0.3) is 5.91 Å². The zero-order valence-corrected chi connectivity index (χ0v) is 14.9.